The van der Waals surface area contributed by atoms with E-state index in [2.05, 4.69) is 81.5 Å². The van der Waals surface area contributed by atoms with Crippen LogP contribution >= 0.6 is 0 Å². The van der Waals surface area contributed by atoms with Gasteiger partial charge in [-0.3, -0.25) is 14.4 Å². The lowest BCUT2D eigenvalue weighted by Crippen LogP contribution is -2.30. The molecule has 6 nitrogen and oxygen atoms in total. The molecule has 0 aromatic heterocycles. The zero-order valence-corrected chi connectivity index (χ0v) is 43.0. The lowest BCUT2D eigenvalue weighted by molar-refractivity contribution is -0.167. The van der Waals surface area contributed by atoms with Crippen LogP contribution in [-0.2, 0) is 28.6 Å². The zero-order valence-electron chi connectivity index (χ0n) is 43.0. The summed E-state index contributed by atoms with van der Waals surface area (Å²) in [5.41, 5.74) is 0. The average Bonchev–Trinajstić information content (AvgIpc) is 3.30. The summed E-state index contributed by atoms with van der Waals surface area (Å²) in [4.78, 5) is 38.0. The zero-order chi connectivity index (χ0) is 47.2. The van der Waals surface area contributed by atoms with Gasteiger partial charge in [0.2, 0.25) is 0 Å². The van der Waals surface area contributed by atoms with Crippen LogP contribution in [0.2, 0.25) is 0 Å². The Morgan fingerprint density at radius 3 is 0.969 bits per heavy atom. The first-order chi connectivity index (χ1) is 32.0. The number of carbonyl (C=O) groups excluding carboxylic acids is 3. The van der Waals surface area contributed by atoms with Crippen LogP contribution in [-0.4, -0.2) is 37.2 Å². The first kappa shape index (κ1) is 62.1. The molecule has 0 aliphatic carbocycles. The molecule has 0 bridgehead atoms. The molecule has 65 heavy (non-hydrogen) atoms. The number of ether oxygens (including phenoxy) is 3. The number of rotatable bonds is 50. The highest BCUT2D eigenvalue weighted by Gasteiger charge is 2.19. The van der Waals surface area contributed by atoms with E-state index in [4.69, 9.17) is 14.2 Å². The summed E-state index contributed by atoms with van der Waals surface area (Å²) in [6, 6.07) is 0. The van der Waals surface area contributed by atoms with E-state index in [1.54, 1.807) is 0 Å². The van der Waals surface area contributed by atoms with Crippen LogP contribution in [0.5, 0.6) is 0 Å². The molecule has 0 aliphatic rings. The smallest absolute Gasteiger partial charge is 0.306 e. The first-order valence-electron chi connectivity index (χ1n) is 27.8. The van der Waals surface area contributed by atoms with Gasteiger partial charge in [-0.25, -0.2) is 0 Å². The van der Waals surface area contributed by atoms with Crippen LogP contribution in [0.1, 0.15) is 278 Å². The number of carbonyl (C=O) groups is 3. The molecule has 0 radical (unpaired) electrons. The third-order valence-corrected chi connectivity index (χ3v) is 12.0. The van der Waals surface area contributed by atoms with Crippen molar-refractivity contribution in [3.63, 3.8) is 0 Å². The predicted molar refractivity (Wildman–Crippen MR) is 279 cm³/mol. The van der Waals surface area contributed by atoms with Gasteiger partial charge in [-0.15, -0.1) is 0 Å². The molecule has 0 aliphatic heterocycles. The van der Waals surface area contributed by atoms with Gasteiger partial charge in [0.25, 0.3) is 0 Å². The van der Waals surface area contributed by atoms with E-state index in [9.17, 15) is 14.4 Å². The summed E-state index contributed by atoms with van der Waals surface area (Å²) in [6.07, 6.45) is 66.6. The van der Waals surface area contributed by atoms with Crippen molar-refractivity contribution in [2.24, 2.45) is 0 Å². The van der Waals surface area contributed by atoms with Crippen LogP contribution in [0.25, 0.3) is 0 Å². The van der Waals surface area contributed by atoms with Gasteiger partial charge in [0.1, 0.15) is 13.2 Å². The van der Waals surface area contributed by atoms with Gasteiger partial charge in [-0.1, -0.05) is 242 Å². The molecule has 0 rings (SSSR count). The van der Waals surface area contributed by atoms with Crippen LogP contribution < -0.4 is 0 Å². The molecule has 0 fully saturated rings. The molecule has 1 atom stereocenters. The molecule has 0 N–H and O–H groups in total. The van der Waals surface area contributed by atoms with E-state index in [0.717, 1.165) is 89.9 Å². The van der Waals surface area contributed by atoms with Crippen molar-refractivity contribution < 1.29 is 28.6 Å². The fraction of sp³-hybridized carbons (Fsp3) is 0.780. The van der Waals surface area contributed by atoms with Gasteiger partial charge < -0.3 is 14.2 Å². The Labute approximate surface area is 402 Å². The van der Waals surface area contributed by atoms with Gasteiger partial charge in [0.05, 0.1) is 0 Å². The minimum absolute atomic E-state index is 0.0852. The summed E-state index contributed by atoms with van der Waals surface area (Å²) in [6.45, 7) is 6.40. The van der Waals surface area contributed by atoms with Gasteiger partial charge in [-0.05, 0) is 77.0 Å². The Balaban J connectivity index is 4.27. The maximum absolute atomic E-state index is 12.8. The standard InChI is InChI=1S/C59H104O6/c1-4-7-10-13-16-19-21-23-25-27-29-31-33-35-37-40-43-46-49-52-58(61)64-55-56(54-63-57(60)51-48-45-42-39-18-15-12-9-6-3)65-59(62)53-50-47-44-41-38-36-34-32-30-28-26-24-22-20-17-14-11-8-5-2/h7,9-10,12,16,18-19,23,25,39,56H,4-6,8,11,13-15,17,20-22,24,26-38,40-55H2,1-3H3/b10-7-,12-9-,19-16-,25-23-,39-18-. The normalized spacial score (nSPS) is 12.5. The highest BCUT2D eigenvalue weighted by Crippen LogP contribution is 2.16. The second-order valence-electron chi connectivity index (χ2n) is 18.4. The molecule has 6 heteroatoms. The SMILES string of the molecule is CC/C=C\C/C=C\C/C=C\CCCCCCCCCCCC(=O)OCC(COC(=O)CCCC/C=C\C/C=C\CC)OC(=O)CCCCCCCCCCCCCCCCCCCCC. The molecule has 0 saturated carbocycles. The van der Waals surface area contributed by atoms with Crippen molar-refractivity contribution >= 4 is 17.9 Å². The lowest BCUT2D eigenvalue weighted by Gasteiger charge is -2.18. The summed E-state index contributed by atoms with van der Waals surface area (Å²) >= 11 is 0. The van der Waals surface area contributed by atoms with Crippen molar-refractivity contribution in [3.05, 3.63) is 60.8 Å². The fourth-order valence-electron chi connectivity index (χ4n) is 7.91. The molecule has 0 amide bonds. The van der Waals surface area contributed by atoms with E-state index in [0.29, 0.717) is 19.3 Å². The van der Waals surface area contributed by atoms with Gasteiger partial charge in [-0.2, -0.15) is 0 Å². The second-order valence-corrected chi connectivity index (χ2v) is 18.4. The monoisotopic (exact) mass is 909 g/mol. The number of unbranched alkanes of at least 4 members (excludes halogenated alkanes) is 29. The van der Waals surface area contributed by atoms with E-state index >= 15 is 0 Å². The van der Waals surface area contributed by atoms with Crippen LogP contribution in [0.4, 0.5) is 0 Å². The third-order valence-electron chi connectivity index (χ3n) is 12.0. The third kappa shape index (κ3) is 51.9. The van der Waals surface area contributed by atoms with Crippen molar-refractivity contribution in [2.75, 3.05) is 13.2 Å². The maximum atomic E-state index is 12.8. The van der Waals surface area contributed by atoms with Crippen LogP contribution in [0.3, 0.4) is 0 Å². The predicted octanol–water partition coefficient (Wildman–Crippen LogP) is 18.4. The largest absolute Gasteiger partial charge is 0.462 e. The molecule has 0 heterocycles. The topological polar surface area (TPSA) is 78.9 Å². The summed E-state index contributed by atoms with van der Waals surface area (Å²) in [5, 5.41) is 0. The number of esters is 3. The molecular formula is C59H104O6. The molecule has 1 unspecified atom stereocenters. The van der Waals surface area contributed by atoms with E-state index in [1.807, 2.05) is 0 Å². The van der Waals surface area contributed by atoms with E-state index in [1.165, 1.54) is 148 Å². The second kappa shape index (κ2) is 53.7. The van der Waals surface area contributed by atoms with Gasteiger partial charge >= 0.3 is 17.9 Å². The first-order valence-corrected chi connectivity index (χ1v) is 27.8. The van der Waals surface area contributed by atoms with E-state index in [-0.39, 0.29) is 31.1 Å². The summed E-state index contributed by atoms with van der Waals surface area (Å²) in [5.74, 6) is -0.918. The van der Waals surface area contributed by atoms with Crippen molar-refractivity contribution in [3.8, 4) is 0 Å². The number of hydrogen-bond acceptors (Lipinski definition) is 6. The molecule has 0 aromatic carbocycles. The number of allylic oxidation sites excluding steroid dienone is 10. The maximum Gasteiger partial charge on any atom is 0.306 e. The van der Waals surface area contributed by atoms with Crippen LogP contribution in [0, 0.1) is 0 Å². The molecule has 0 aromatic rings. The minimum Gasteiger partial charge on any atom is -0.462 e. The Morgan fingerprint density at radius 2 is 0.600 bits per heavy atom. The van der Waals surface area contributed by atoms with Crippen LogP contribution in [0.15, 0.2) is 60.8 Å². The Morgan fingerprint density at radius 1 is 0.323 bits per heavy atom. The Bertz CT molecular complexity index is 1180. The molecular weight excluding hydrogens is 805 g/mol. The summed E-state index contributed by atoms with van der Waals surface area (Å²) < 4.78 is 16.8. The van der Waals surface area contributed by atoms with Crippen molar-refractivity contribution in [1.82, 2.24) is 0 Å². The number of hydrogen-bond donors (Lipinski definition) is 0. The Hall–Kier alpha value is -2.89. The van der Waals surface area contributed by atoms with Crippen molar-refractivity contribution in [1.29, 1.82) is 0 Å². The van der Waals surface area contributed by atoms with Crippen molar-refractivity contribution in [2.45, 2.75) is 284 Å². The molecule has 0 spiro atoms. The minimum atomic E-state index is -0.786. The summed E-state index contributed by atoms with van der Waals surface area (Å²) in [7, 11) is 0. The fourth-order valence-corrected chi connectivity index (χ4v) is 7.91. The lowest BCUT2D eigenvalue weighted by atomic mass is 10.0. The quantitative estimate of drug-likeness (QED) is 0.0262. The highest BCUT2D eigenvalue weighted by molar-refractivity contribution is 5.71. The average molecular weight is 909 g/mol. The van der Waals surface area contributed by atoms with Gasteiger partial charge in [0.15, 0.2) is 6.10 Å². The van der Waals surface area contributed by atoms with E-state index < -0.39 is 6.10 Å². The molecule has 376 valence electrons. The highest BCUT2D eigenvalue weighted by atomic mass is 16.6. The molecule has 0 saturated heterocycles. The Kier molecular flexibility index (Phi) is 51.3. The van der Waals surface area contributed by atoms with Gasteiger partial charge in [0, 0.05) is 19.3 Å².